The molecule has 0 saturated carbocycles. The number of carbonyl (C=O) groups is 1. The van der Waals surface area contributed by atoms with Gasteiger partial charge in [0.05, 0.1) is 0 Å². The third-order valence-corrected chi connectivity index (χ3v) is 4.51. The first kappa shape index (κ1) is 13.9. The zero-order chi connectivity index (χ0) is 15.9. The van der Waals surface area contributed by atoms with Crippen LogP contribution < -0.4 is 0 Å². The van der Waals surface area contributed by atoms with Gasteiger partial charge < -0.3 is 5.11 Å². The summed E-state index contributed by atoms with van der Waals surface area (Å²) in [5.74, 6) is -0.226. The number of benzene rings is 3. The maximum Gasteiger partial charge on any atom is 0.199 e. The molecule has 0 amide bonds. The average Bonchev–Trinajstić information content (AvgIpc) is 2.61. The zero-order valence-corrected chi connectivity index (χ0v) is 12.6. The zero-order valence-electron chi connectivity index (χ0n) is 12.6. The van der Waals surface area contributed by atoms with Crippen molar-refractivity contribution in [2.75, 3.05) is 0 Å². The van der Waals surface area contributed by atoms with Gasteiger partial charge in [0, 0.05) is 12.0 Å². The normalized spacial score (nSPS) is 19.1. The summed E-state index contributed by atoms with van der Waals surface area (Å²) in [7, 11) is 0. The smallest absolute Gasteiger partial charge is 0.199 e. The highest BCUT2D eigenvalue weighted by Crippen LogP contribution is 2.43. The van der Waals surface area contributed by atoms with Crippen LogP contribution >= 0.6 is 0 Å². The first-order valence-corrected chi connectivity index (χ1v) is 7.70. The number of fused-ring (bicyclic) bond motifs is 3. The van der Waals surface area contributed by atoms with Crippen LogP contribution in [0.15, 0.2) is 78.9 Å². The van der Waals surface area contributed by atoms with Crippen molar-refractivity contribution in [2.45, 2.75) is 12.0 Å². The van der Waals surface area contributed by atoms with Gasteiger partial charge >= 0.3 is 0 Å². The molecule has 1 atom stereocenters. The fourth-order valence-corrected chi connectivity index (χ4v) is 3.41. The minimum absolute atomic E-state index is 0.226. The molecule has 0 unspecified atom stereocenters. The van der Waals surface area contributed by atoms with Crippen molar-refractivity contribution in [1.29, 1.82) is 0 Å². The van der Waals surface area contributed by atoms with Gasteiger partial charge in [-0.2, -0.15) is 0 Å². The van der Waals surface area contributed by atoms with Crippen LogP contribution in [0.3, 0.4) is 0 Å². The Morgan fingerprint density at radius 3 is 2.00 bits per heavy atom. The molecule has 23 heavy (non-hydrogen) atoms. The molecule has 112 valence electrons. The number of Topliss-reactive ketones (excluding diaryl/α,β-unsaturated/α-hetero) is 1. The minimum atomic E-state index is -1.52. The fraction of sp³-hybridized carbons (Fsp3) is 0.0952. The number of hydrogen-bond donors (Lipinski definition) is 1. The van der Waals surface area contributed by atoms with Crippen molar-refractivity contribution >= 4 is 5.78 Å². The van der Waals surface area contributed by atoms with Crippen LogP contribution in [0.4, 0.5) is 0 Å². The van der Waals surface area contributed by atoms with Gasteiger partial charge in [-0.25, -0.2) is 0 Å². The van der Waals surface area contributed by atoms with Crippen molar-refractivity contribution in [3.63, 3.8) is 0 Å². The van der Waals surface area contributed by atoms with Gasteiger partial charge in [0.15, 0.2) is 11.4 Å². The maximum atomic E-state index is 13.1. The molecule has 4 rings (SSSR count). The molecule has 0 aromatic heterocycles. The van der Waals surface area contributed by atoms with E-state index in [1.165, 1.54) is 0 Å². The van der Waals surface area contributed by atoms with Gasteiger partial charge in [-0.15, -0.1) is 0 Å². The molecule has 0 fully saturated rings. The maximum absolute atomic E-state index is 13.1. The summed E-state index contributed by atoms with van der Waals surface area (Å²) >= 11 is 0. The molecule has 1 aliphatic carbocycles. The Labute approximate surface area is 135 Å². The number of carbonyl (C=O) groups excluding carboxylic acids is 1. The minimum Gasteiger partial charge on any atom is -0.377 e. The van der Waals surface area contributed by atoms with E-state index in [0.29, 0.717) is 11.1 Å². The molecular formula is C21H16O2. The number of aliphatic hydroxyl groups is 1. The van der Waals surface area contributed by atoms with Gasteiger partial charge in [-0.3, -0.25) is 4.79 Å². The van der Waals surface area contributed by atoms with E-state index >= 15 is 0 Å². The van der Waals surface area contributed by atoms with Crippen molar-refractivity contribution in [2.24, 2.45) is 0 Å². The quantitative estimate of drug-likeness (QED) is 0.777. The summed E-state index contributed by atoms with van der Waals surface area (Å²) in [5, 5.41) is 11.3. The second-order valence-corrected chi connectivity index (χ2v) is 5.94. The first-order chi connectivity index (χ1) is 11.2. The second-order valence-electron chi connectivity index (χ2n) is 5.94. The summed E-state index contributed by atoms with van der Waals surface area (Å²) in [4.78, 5) is 13.1. The van der Waals surface area contributed by atoms with Crippen LogP contribution in [-0.2, 0) is 12.0 Å². The molecule has 0 saturated heterocycles. The summed E-state index contributed by atoms with van der Waals surface area (Å²) in [6.07, 6.45) is 0.276. The Kier molecular flexibility index (Phi) is 3.14. The molecule has 1 N–H and O–H groups in total. The summed E-state index contributed by atoms with van der Waals surface area (Å²) in [6, 6.07) is 24.8. The highest BCUT2D eigenvalue weighted by Gasteiger charge is 2.44. The van der Waals surface area contributed by atoms with Crippen molar-refractivity contribution in [1.82, 2.24) is 0 Å². The Morgan fingerprint density at radius 2 is 1.26 bits per heavy atom. The largest absolute Gasteiger partial charge is 0.377 e. The van der Waals surface area contributed by atoms with Crippen molar-refractivity contribution < 1.29 is 9.90 Å². The van der Waals surface area contributed by atoms with E-state index in [1.807, 2.05) is 72.8 Å². The third-order valence-electron chi connectivity index (χ3n) is 4.51. The Balaban J connectivity index is 1.93. The van der Waals surface area contributed by atoms with Gasteiger partial charge in [-0.1, -0.05) is 78.9 Å². The SMILES string of the molecule is O=C1c2ccccc2-c2ccccc2[C@]1(O)Cc1ccccc1. The second kappa shape index (κ2) is 5.18. The molecule has 2 nitrogen and oxygen atoms in total. The molecule has 0 bridgehead atoms. The number of ketones is 1. The van der Waals surface area contributed by atoms with Gasteiger partial charge in [0.2, 0.25) is 0 Å². The van der Waals surface area contributed by atoms with E-state index in [1.54, 1.807) is 6.07 Å². The Morgan fingerprint density at radius 1 is 0.696 bits per heavy atom. The first-order valence-electron chi connectivity index (χ1n) is 7.70. The predicted molar refractivity (Wildman–Crippen MR) is 90.3 cm³/mol. The fourth-order valence-electron chi connectivity index (χ4n) is 3.41. The lowest BCUT2D eigenvalue weighted by Gasteiger charge is -2.34. The lowest BCUT2D eigenvalue weighted by molar-refractivity contribution is 0.0293. The molecule has 0 heterocycles. The number of hydrogen-bond acceptors (Lipinski definition) is 2. The van der Waals surface area contributed by atoms with E-state index in [2.05, 4.69) is 0 Å². The monoisotopic (exact) mass is 300 g/mol. The molecule has 2 heteroatoms. The van der Waals surface area contributed by atoms with Crippen LogP contribution in [0, 0.1) is 0 Å². The molecule has 0 radical (unpaired) electrons. The average molecular weight is 300 g/mol. The van der Waals surface area contributed by atoms with Crippen LogP contribution in [-0.4, -0.2) is 10.9 Å². The van der Waals surface area contributed by atoms with Crippen LogP contribution in [0.1, 0.15) is 21.5 Å². The van der Waals surface area contributed by atoms with Crippen LogP contribution in [0.5, 0.6) is 0 Å². The van der Waals surface area contributed by atoms with Gasteiger partial charge in [0.1, 0.15) is 0 Å². The lowest BCUT2D eigenvalue weighted by Crippen LogP contribution is -2.41. The van der Waals surface area contributed by atoms with Crippen LogP contribution in [0.2, 0.25) is 0 Å². The van der Waals surface area contributed by atoms with Crippen molar-refractivity contribution in [3.8, 4) is 11.1 Å². The predicted octanol–water partition coefficient (Wildman–Crippen LogP) is 3.98. The van der Waals surface area contributed by atoms with E-state index in [4.69, 9.17) is 0 Å². The third kappa shape index (κ3) is 2.11. The van der Waals surface area contributed by atoms with Gasteiger partial charge in [0.25, 0.3) is 0 Å². The molecule has 1 aliphatic rings. The number of rotatable bonds is 2. The van der Waals surface area contributed by atoms with Crippen molar-refractivity contribution in [3.05, 3.63) is 95.6 Å². The van der Waals surface area contributed by atoms with Crippen LogP contribution in [0.25, 0.3) is 11.1 Å². The highest BCUT2D eigenvalue weighted by molar-refractivity contribution is 6.11. The Bertz CT molecular complexity index is 883. The summed E-state index contributed by atoms with van der Waals surface area (Å²) in [6.45, 7) is 0. The van der Waals surface area contributed by atoms with Gasteiger partial charge in [-0.05, 0) is 22.3 Å². The van der Waals surface area contributed by atoms with E-state index in [-0.39, 0.29) is 12.2 Å². The lowest BCUT2D eigenvalue weighted by atomic mass is 9.72. The molecule has 0 aliphatic heterocycles. The topological polar surface area (TPSA) is 37.3 Å². The highest BCUT2D eigenvalue weighted by atomic mass is 16.3. The Hall–Kier alpha value is -2.71. The summed E-state index contributed by atoms with van der Waals surface area (Å²) < 4.78 is 0. The standard InChI is InChI=1S/C21H16O2/c22-20-18-12-5-4-10-16(18)17-11-6-7-13-19(17)21(20,23)14-15-8-2-1-3-9-15/h1-13,23H,14H2/t21-/m1/s1. The molecule has 3 aromatic carbocycles. The van der Waals surface area contributed by atoms with E-state index in [0.717, 1.165) is 16.7 Å². The van der Waals surface area contributed by atoms with E-state index < -0.39 is 5.60 Å². The molecule has 3 aromatic rings. The summed E-state index contributed by atoms with van der Waals surface area (Å²) in [5.41, 5.74) is 2.52. The molecular weight excluding hydrogens is 284 g/mol. The van der Waals surface area contributed by atoms with E-state index in [9.17, 15) is 9.90 Å². The molecule has 0 spiro atoms.